The molecule has 0 atom stereocenters. The molecule has 0 aliphatic rings. The molecule has 0 saturated heterocycles. The normalized spacial score (nSPS) is 10.9. The van der Waals surface area contributed by atoms with Crippen LogP contribution in [0.2, 0.25) is 0 Å². The second-order valence-electron chi connectivity index (χ2n) is 7.22. The number of carbonyl (C=O) groups excluding carboxylic acids is 1. The molecule has 1 amide bonds. The molecular weight excluding hydrogens is 438 g/mol. The maximum absolute atomic E-state index is 12.6. The summed E-state index contributed by atoms with van der Waals surface area (Å²) in [5.74, 6) is 1.48. The van der Waals surface area contributed by atoms with Crippen molar-refractivity contribution in [2.75, 3.05) is 5.32 Å². The monoisotopic (exact) mass is 457 g/mol. The number of hydrogen-bond donors (Lipinski definition) is 1. The highest BCUT2D eigenvalue weighted by atomic mass is 32.1. The minimum absolute atomic E-state index is 0.182. The average Bonchev–Trinajstić information content (AvgIpc) is 3.59. The molecule has 0 saturated carbocycles. The lowest BCUT2D eigenvalue weighted by Gasteiger charge is -2.02. The summed E-state index contributed by atoms with van der Waals surface area (Å²) >= 11 is 1.39. The summed E-state index contributed by atoms with van der Waals surface area (Å²) in [5, 5.41) is 7.38. The summed E-state index contributed by atoms with van der Waals surface area (Å²) in [6.07, 6.45) is 7.47. The largest absolute Gasteiger partial charge is 0.339 e. The van der Waals surface area contributed by atoms with E-state index >= 15 is 0 Å². The molecule has 0 aliphatic heterocycles. The summed E-state index contributed by atoms with van der Waals surface area (Å²) in [4.78, 5) is 31.0. The Labute approximate surface area is 193 Å². The van der Waals surface area contributed by atoms with Gasteiger partial charge in [-0.1, -0.05) is 46.8 Å². The van der Waals surface area contributed by atoms with Gasteiger partial charge in [-0.25, -0.2) is 9.97 Å². The van der Waals surface area contributed by atoms with Crippen molar-refractivity contribution in [2.24, 2.45) is 7.05 Å². The predicted molar refractivity (Wildman–Crippen MR) is 124 cm³/mol. The number of amides is 1. The Balaban J connectivity index is 1.30. The predicted octanol–water partition coefficient (Wildman–Crippen LogP) is 4.23. The van der Waals surface area contributed by atoms with Crippen LogP contribution in [0.5, 0.6) is 0 Å². The summed E-state index contributed by atoms with van der Waals surface area (Å²) in [6, 6.07) is 13.4. The average molecular weight is 458 g/mol. The van der Waals surface area contributed by atoms with Gasteiger partial charge in [0.2, 0.25) is 17.6 Å². The molecule has 0 aliphatic carbocycles. The van der Waals surface area contributed by atoms with Crippen LogP contribution in [0.3, 0.4) is 0 Å². The topological polar surface area (TPSA) is 112 Å². The van der Waals surface area contributed by atoms with E-state index in [1.165, 1.54) is 11.3 Å². The number of carbonyl (C=O) groups is 1. The number of aryl methyl sites for hydroxylation is 2. The fraction of sp³-hybridized carbons (Fsp3) is 0.130. The lowest BCUT2D eigenvalue weighted by molar-refractivity contribution is -0.116. The van der Waals surface area contributed by atoms with Crippen molar-refractivity contribution in [3.8, 4) is 33.3 Å². The van der Waals surface area contributed by atoms with Gasteiger partial charge in [-0.2, -0.15) is 4.98 Å². The highest BCUT2D eigenvalue weighted by Crippen LogP contribution is 2.38. The van der Waals surface area contributed by atoms with E-state index in [9.17, 15) is 4.79 Å². The highest BCUT2D eigenvalue weighted by Gasteiger charge is 2.19. The number of nitrogens with one attached hydrogen (secondary N) is 1. The van der Waals surface area contributed by atoms with E-state index in [1.54, 1.807) is 30.7 Å². The zero-order valence-corrected chi connectivity index (χ0v) is 18.5. The van der Waals surface area contributed by atoms with Crippen molar-refractivity contribution >= 4 is 22.4 Å². The quantitative estimate of drug-likeness (QED) is 0.389. The molecule has 5 aromatic rings. The van der Waals surface area contributed by atoms with E-state index < -0.39 is 0 Å². The summed E-state index contributed by atoms with van der Waals surface area (Å²) in [5.41, 5.74) is 2.55. The smallest absolute Gasteiger partial charge is 0.227 e. The van der Waals surface area contributed by atoms with Crippen LogP contribution in [-0.2, 0) is 18.3 Å². The van der Waals surface area contributed by atoms with Crippen LogP contribution in [0.4, 0.5) is 5.13 Å². The van der Waals surface area contributed by atoms with Crippen LogP contribution in [0.25, 0.3) is 33.3 Å². The molecule has 9 nitrogen and oxygen atoms in total. The molecule has 0 unspecified atom stereocenters. The van der Waals surface area contributed by atoms with Gasteiger partial charge in [0, 0.05) is 55.8 Å². The molecule has 0 fully saturated rings. The summed E-state index contributed by atoms with van der Waals surface area (Å²) in [6.45, 7) is 0. The van der Waals surface area contributed by atoms with E-state index in [0.29, 0.717) is 23.3 Å². The Bertz CT molecular complexity index is 1380. The number of hydrogen-bond acceptors (Lipinski definition) is 8. The lowest BCUT2D eigenvalue weighted by Crippen LogP contribution is -2.12. The molecule has 1 aromatic carbocycles. The van der Waals surface area contributed by atoms with E-state index in [1.807, 2.05) is 48.1 Å². The van der Waals surface area contributed by atoms with E-state index in [0.717, 1.165) is 27.5 Å². The van der Waals surface area contributed by atoms with Gasteiger partial charge in [-0.15, -0.1) is 0 Å². The maximum atomic E-state index is 12.6. The van der Waals surface area contributed by atoms with Gasteiger partial charge in [-0.3, -0.25) is 9.78 Å². The van der Waals surface area contributed by atoms with Crippen LogP contribution < -0.4 is 5.32 Å². The molecule has 0 spiro atoms. The number of rotatable bonds is 7. The van der Waals surface area contributed by atoms with Gasteiger partial charge in [0.05, 0.1) is 10.6 Å². The van der Waals surface area contributed by atoms with E-state index in [4.69, 9.17) is 9.51 Å². The highest BCUT2D eigenvalue weighted by molar-refractivity contribution is 7.19. The second kappa shape index (κ2) is 9.13. The fourth-order valence-electron chi connectivity index (χ4n) is 3.28. The number of pyridine rings is 1. The molecule has 10 heteroatoms. The molecule has 0 bridgehead atoms. The second-order valence-corrected chi connectivity index (χ2v) is 8.22. The number of aromatic nitrogens is 6. The Morgan fingerprint density at radius 2 is 1.88 bits per heavy atom. The standard InChI is InChI=1S/C23H19N7O2S/c1-30-14-13-25-22(30)20-19(15-5-3-2-4-6-15)28-23(33-20)26-17(31)7-8-18-27-21(29-32-18)16-9-11-24-12-10-16/h2-6,9-14H,7-8H2,1H3,(H,26,28,31). The van der Waals surface area contributed by atoms with Gasteiger partial charge < -0.3 is 14.4 Å². The van der Waals surface area contributed by atoms with Crippen molar-refractivity contribution < 1.29 is 9.32 Å². The molecule has 33 heavy (non-hydrogen) atoms. The third-order valence-corrected chi connectivity index (χ3v) is 5.88. The first-order chi connectivity index (χ1) is 16.2. The fourth-order valence-corrected chi connectivity index (χ4v) is 4.32. The number of nitrogens with zero attached hydrogens (tertiary/aromatic N) is 6. The SMILES string of the molecule is Cn1ccnc1-c1sc(NC(=O)CCc2nc(-c3ccncc3)no2)nc1-c1ccccc1. The summed E-state index contributed by atoms with van der Waals surface area (Å²) in [7, 11) is 1.93. The van der Waals surface area contributed by atoms with Crippen LogP contribution in [0, 0.1) is 0 Å². The zero-order chi connectivity index (χ0) is 22.6. The van der Waals surface area contributed by atoms with Crippen molar-refractivity contribution in [1.29, 1.82) is 0 Å². The minimum atomic E-state index is -0.182. The van der Waals surface area contributed by atoms with Crippen LogP contribution in [-0.4, -0.2) is 35.6 Å². The Morgan fingerprint density at radius 3 is 2.64 bits per heavy atom. The van der Waals surface area contributed by atoms with Crippen LogP contribution in [0.1, 0.15) is 12.3 Å². The van der Waals surface area contributed by atoms with Crippen LogP contribution in [0.15, 0.2) is 71.8 Å². The molecule has 164 valence electrons. The van der Waals surface area contributed by atoms with Crippen molar-refractivity contribution in [3.63, 3.8) is 0 Å². The van der Waals surface area contributed by atoms with Gasteiger partial charge in [0.15, 0.2) is 11.0 Å². The Hall–Kier alpha value is -4.18. The van der Waals surface area contributed by atoms with Crippen LogP contribution >= 0.6 is 11.3 Å². The third-order valence-electron chi connectivity index (χ3n) is 4.92. The summed E-state index contributed by atoms with van der Waals surface area (Å²) < 4.78 is 7.21. The number of imidazole rings is 1. The molecule has 5 rings (SSSR count). The Morgan fingerprint density at radius 1 is 1.06 bits per heavy atom. The first kappa shape index (κ1) is 20.7. The van der Waals surface area contributed by atoms with Crippen molar-refractivity contribution in [1.82, 2.24) is 29.7 Å². The number of benzene rings is 1. The lowest BCUT2D eigenvalue weighted by atomic mass is 10.1. The molecular formula is C23H19N7O2S. The first-order valence-corrected chi connectivity index (χ1v) is 11.1. The van der Waals surface area contributed by atoms with E-state index in [2.05, 4.69) is 25.4 Å². The molecule has 4 heterocycles. The van der Waals surface area contributed by atoms with Gasteiger partial charge in [0.1, 0.15) is 0 Å². The van der Waals surface area contributed by atoms with Gasteiger partial charge >= 0.3 is 0 Å². The number of anilines is 1. The van der Waals surface area contributed by atoms with E-state index in [-0.39, 0.29) is 12.3 Å². The first-order valence-electron chi connectivity index (χ1n) is 10.2. The molecule has 4 aromatic heterocycles. The third kappa shape index (κ3) is 4.55. The minimum Gasteiger partial charge on any atom is -0.339 e. The molecule has 1 N–H and O–H groups in total. The van der Waals surface area contributed by atoms with Gasteiger partial charge in [-0.05, 0) is 12.1 Å². The van der Waals surface area contributed by atoms with Crippen molar-refractivity contribution in [3.05, 3.63) is 73.1 Å². The number of thiazole rings is 1. The molecule has 0 radical (unpaired) electrons. The van der Waals surface area contributed by atoms with Crippen molar-refractivity contribution in [2.45, 2.75) is 12.8 Å². The Kier molecular flexibility index (Phi) is 5.73. The maximum Gasteiger partial charge on any atom is 0.227 e. The zero-order valence-electron chi connectivity index (χ0n) is 17.7. The van der Waals surface area contributed by atoms with Gasteiger partial charge in [0.25, 0.3) is 0 Å².